The van der Waals surface area contributed by atoms with E-state index in [9.17, 15) is 0 Å². The lowest BCUT2D eigenvalue weighted by atomic mass is 10.1. The Labute approximate surface area is 129 Å². The van der Waals surface area contributed by atoms with Gasteiger partial charge in [0.05, 0.1) is 13.1 Å². The van der Waals surface area contributed by atoms with Crippen molar-refractivity contribution in [2.75, 3.05) is 27.2 Å². The number of aryl methyl sites for hydroxylation is 1. The number of hydrogen-bond acceptors (Lipinski definition) is 4. The Morgan fingerprint density at radius 1 is 1.38 bits per heavy atom. The SMILES string of the molecule is Cc1cc(CN2CCC(N(C)C)C2)oc1CNC(C)(C)C. The van der Waals surface area contributed by atoms with Crippen LogP contribution in [0.3, 0.4) is 0 Å². The Morgan fingerprint density at radius 2 is 2.10 bits per heavy atom. The summed E-state index contributed by atoms with van der Waals surface area (Å²) < 4.78 is 6.05. The van der Waals surface area contributed by atoms with Crippen molar-refractivity contribution < 1.29 is 4.42 Å². The summed E-state index contributed by atoms with van der Waals surface area (Å²) in [5.74, 6) is 2.17. The molecule has 1 unspecified atom stereocenters. The van der Waals surface area contributed by atoms with E-state index in [-0.39, 0.29) is 5.54 Å². The first-order chi connectivity index (χ1) is 9.74. The molecule has 120 valence electrons. The molecule has 0 bridgehead atoms. The molecule has 0 amide bonds. The average molecular weight is 293 g/mol. The molecule has 4 nitrogen and oxygen atoms in total. The van der Waals surface area contributed by atoms with Crippen molar-refractivity contribution in [2.45, 2.75) is 58.8 Å². The van der Waals surface area contributed by atoms with Crippen molar-refractivity contribution >= 4 is 0 Å². The predicted molar refractivity (Wildman–Crippen MR) is 87.4 cm³/mol. The second-order valence-electron chi connectivity index (χ2n) is 7.56. The molecule has 1 atom stereocenters. The van der Waals surface area contributed by atoms with E-state index in [4.69, 9.17) is 4.42 Å². The van der Waals surface area contributed by atoms with Gasteiger partial charge in [0, 0.05) is 24.7 Å². The lowest BCUT2D eigenvalue weighted by Gasteiger charge is -2.20. The van der Waals surface area contributed by atoms with E-state index in [1.54, 1.807) is 0 Å². The molecule has 0 radical (unpaired) electrons. The van der Waals surface area contributed by atoms with Gasteiger partial charge < -0.3 is 14.6 Å². The zero-order valence-corrected chi connectivity index (χ0v) is 14.5. The second-order valence-corrected chi connectivity index (χ2v) is 7.56. The lowest BCUT2D eigenvalue weighted by molar-refractivity contribution is 0.249. The van der Waals surface area contributed by atoms with Crippen LogP contribution in [0.4, 0.5) is 0 Å². The number of nitrogens with one attached hydrogen (secondary N) is 1. The number of nitrogens with zero attached hydrogens (tertiary/aromatic N) is 2. The highest BCUT2D eigenvalue weighted by atomic mass is 16.3. The summed E-state index contributed by atoms with van der Waals surface area (Å²) in [6.45, 7) is 12.7. The van der Waals surface area contributed by atoms with Crippen LogP contribution in [0.15, 0.2) is 10.5 Å². The summed E-state index contributed by atoms with van der Waals surface area (Å²) in [6.07, 6.45) is 1.26. The van der Waals surface area contributed by atoms with E-state index >= 15 is 0 Å². The molecule has 21 heavy (non-hydrogen) atoms. The second kappa shape index (κ2) is 6.51. The fraction of sp³-hybridized carbons (Fsp3) is 0.765. The third-order valence-corrected chi connectivity index (χ3v) is 4.21. The van der Waals surface area contributed by atoms with Gasteiger partial charge in [-0.2, -0.15) is 0 Å². The first-order valence-corrected chi connectivity index (χ1v) is 7.96. The molecule has 4 heteroatoms. The molecule has 1 saturated heterocycles. The van der Waals surface area contributed by atoms with Crippen molar-refractivity contribution in [1.82, 2.24) is 15.1 Å². The van der Waals surface area contributed by atoms with Crippen molar-refractivity contribution in [1.29, 1.82) is 0 Å². The van der Waals surface area contributed by atoms with Crippen molar-refractivity contribution in [3.05, 3.63) is 23.2 Å². The highest BCUT2D eigenvalue weighted by molar-refractivity contribution is 5.20. The zero-order valence-electron chi connectivity index (χ0n) is 14.5. The maximum Gasteiger partial charge on any atom is 0.120 e. The zero-order chi connectivity index (χ0) is 15.6. The fourth-order valence-corrected chi connectivity index (χ4v) is 2.79. The van der Waals surface area contributed by atoms with Crippen LogP contribution < -0.4 is 5.32 Å². The third kappa shape index (κ3) is 4.83. The Morgan fingerprint density at radius 3 is 2.67 bits per heavy atom. The minimum absolute atomic E-state index is 0.118. The Balaban J connectivity index is 1.90. The smallest absolute Gasteiger partial charge is 0.120 e. The molecular formula is C17H31N3O. The first-order valence-electron chi connectivity index (χ1n) is 7.96. The molecule has 1 aromatic heterocycles. The van der Waals surface area contributed by atoms with Crippen LogP contribution in [0.1, 0.15) is 44.3 Å². The predicted octanol–water partition coefficient (Wildman–Crippen LogP) is 2.61. The number of hydrogen-bond donors (Lipinski definition) is 1. The van der Waals surface area contributed by atoms with Crippen LogP contribution in [0.2, 0.25) is 0 Å². The standard InChI is InChI=1S/C17H31N3O/c1-13-9-15(21-16(13)10-18-17(2,3)4)12-20-8-7-14(11-20)19(5)6/h9,14,18H,7-8,10-12H2,1-6H3. The quantitative estimate of drug-likeness (QED) is 0.904. The lowest BCUT2D eigenvalue weighted by Crippen LogP contribution is -2.35. The number of furan rings is 1. The van der Waals surface area contributed by atoms with E-state index in [0.29, 0.717) is 6.04 Å². The Bertz CT molecular complexity index is 459. The van der Waals surface area contributed by atoms with Gasteiger partial charge in [0.1, 0.15) is 11.5 Å². The normalized spacial score (nSPS) is 20.6. The van der Waals surface area contributed by atoms with Gasteiger partial charge in [0.2, 0.25) is 0 Å². The van der Waals surface area contributed by atoms with Gasteiger partial charge in [0.25, 0.3) is 0 Å². The molecule has 1 aliphatic heterocycles. The van der Waals surface area contributed by atoms with Gasteiger partial charge in [-0.1, -0.05) is 0 Å². The van der Waals surface area contributed by atoms with Crippen molar-refractivity contribution in [3.8, 4) is 0 Å². The van der Waals surface area contributed by atoms with Gasteiger partial charge >= 0.3 is 0 Å². The molecule has 2 rings (SSSR count). The number of likely N-dealkylation sites (tertiary alicyclic amines) is 1. The summed E-state index contributed by atoms with van der Waals surface area (Å²) in [7, 11) is 4.34. The monoisotopic (exact) mass is 293 g/mol. The molecule has 1 N–H and O–H groups in total. The number of rotatable bonds is 5. The van der Waals surface area contributed by atoms with Gasteiger partial charge in [-0.15, -0.1) is 0 Å². The summed E-state index contributed by atoms with van der Waals surface area (Å²) in [5, 5.41) is 3.49. The van der Waals surface area contributed by atoms with Crippen LogP contribution in [0.5, 0.6) is 0 Å². The molecular weight excluding hydrogens is 262 g/mol. The summed E-state index contributed by atoms with van der Waals surface area (Å²) >= 11 is 0. The van der Waals surface area contributed by atoms with Crippen molar-refractivity contribution in [3.63, 3.8) is 0 Å². The van der Waals surface area contributed by atoms with Crippen LogP contribution in [-0.4, -0.2) is 48.6 Å². The van der Waals surface area contributed by atoms with Gasteiger partial charge in [-0.25, -0.2) is 0 Å². The molecule has 1 fully saturated rings. The third-order valence-electron chi connectivity index (χ3n) is 4.21. The summed E-state index contributed by atoms with van der Waals surface area (Å²) in [6, 6.07) is 2.88. The van der Waals surface area contributed by atoms with Gasteiger partial charge in [0.15, 0.2) is 0 Å². The first kappa shape index (κ1) is 16.5. The minimum atomic E-state index is 0.118. The van der Waals surface area contributed by atoms with Gasteiger partial charge in [-0.05, 0) is 59.8 Å². The largest absolute Gasteiger partial charge is 0.463 e. The van der Waals surface area contributed by atoms with Gasteiger partial charge in [-0.3, -0.25) is 4.90 Å². The van der Waals surface area contributed by atoms with Crippen LogP contribution in [0.25, 0.3) is 0 Å². The highest BCUT2D eigenvalue weighted by Gasteiger charge is 2.24. The van der Waals surface area contributed by atoms with Crippen LogP contribution in [-0.2, 0) is 13.1 Å². The number of likely N-dealkylation sites (N-methyl/N-ethyl adjacent to an activating group) is 1. The summed E-state index contributed by atoms with van der Waals surface area (Å²) in [5.41, 5.74) is 1.37. The molecule has 0 aliphatic carbocycles. The topological polar surface area (TPSA) is 31.6 Å². The maximum atomic E-state index is 6.05. The van der Waals surface area contributed by atoms with E-state index in [0.717, 1.165) is 37.7 Å². The molecule has 2 heterocycles. The van der Waals surface area contributed by atoms with Crippen LogP contribution >= 0.6 is 0 Å². The molecule has 1 aliphatic rings. The molecule has 1 aromatic rings. The van der Waals surface area contributed by atoms with Crippen LogP contribution in [0, 0.1) is 6.92 Å². The summed E-state index contributed by atoms with van der Waals surface area (Å²) in [4.78, 5) is 4.82. The average Bonchev–Trinajstić information content (AvgIpc) is 2.93. The van der Waals surface area contributed by atoms with E-state index in [2.05, 4.69) is 63.0 Å². The van der Waals surface area contributed by atoms with E-state index in [1.165, 1.54) is 12.0 Å². The molecule has 0 saturated carbocycles. The molecule has 0 spiro atoms. The molecule has 0 aromatic carbocycles. The Hall–Kier alpha value is -0.840. The maximum absolute atomic E-state index is 6.05. The Kier molecular flexibility index (Phi) is 5.12. The van der Waals surface area contributed by atoms with E-state index in [1.807, 2.05) is 0 Å². The van der Waals surface area contributed by atoms with E-state index < -0.39 is 0 Å². The fourth-order valence-electron chi connectivity index (χ4n) is 2.79. The highest BCUT2D eigenvalue weighted by Crippen LogP contribution is 2.20. The minimum Gasteiger partial charge on any atom is -0.463 e. The van der Waals surface area contributed by atoms with Crippen molar-refractivity contribution in [2.24, 2.45) is 0 Å².